The topological polar surface area (TPSA) is 389 Å². The highest BCUT2D eigenvalue weighted by Gasteiger charge is 2.83. The molecule has 8 aliphatic heterocycles. The van der Waals surface area contributed by atoms with E-state index in [9.17, 15) is 47.4 Å². The zero-order valence-electron chi connectivity index (χ0n) is 100. The highest BCUT2D eigenvalue weighted by atomic mass is 32.2. The summed E-state index contributed by atoms with van der Waals surface area (Å²) in [6, 6.07) is 4.41. The summed E-state index contributed by atoms with van der Waals surface area (Å²) in [5.41, 5.74) is -4.65. The van der Waals surface area contributed by atoms with Crippen LogP contribution >= 0.6 is 0 Å². The van der Waals surface area contributed by atoms with E-state index in [1.807, 2.05) is 212 Å². The highest BCUT2D eigenvalue weighted by Crippen LogP contribution is 2.63. The maximum absolute atomic E-state index is 12.6. The second-order valence-corrected chi connectivity index (χ2v) is 93.7. The summed E-state index contributed by atoms with van der Waals surface area (Å²) < 4.78 is 172. The molecule has 8 saturated heterocycles. The molecule has 2 N–H and O–H groups in total. The molecule has 0 radical (unpaired) electrons. The molecule has 9 aliphatic carbocycles. The van der Waals surface area contributed by atoms with Crippen LogP contribution in [0.15, 0.2) is 0 Å². The lowest BCUT2D eigenvalue weighted by Crippen LogP contribution is -2.88. The molecular formula is C104H206O33SSi12. The number of carbonyl (C=O) groups is 6. The molecule has 0 amide bonds. The van der Waals surface area contributed by atoms with E-state index in [-0.39, 0.29) is 98.9 Å². The van der Waals surface area contributed by atoms with Gasteiger partial charge in [0.05, 0.1) is 56.1 Å². The monoisotopic (exact) mass is 2350 g/mol. The molecule has 9 saturated carbocycles. The van der Waals surface area contributed by atoms with Gasteiger partial charge in [0.1, 0.15) is 22.9 Å². The maximum Gasteiger partial charge on any atom is 0.479 e. The largest absolute Gasteiger partial charge is 0.479 e. The molecule has 0 spiro atoms. The van der Waals surface area contributed by atoms with Crippen LogP contribution in [0.1, 0.15) is 401 Å². The molecule has 2 atom stereocenters. The Morgan fingerprint density at radius 1 is 0.380 bits per heavy atom. The highest BCUT2D eigenvalue weighted by molar-refractivity contribution is 7.86. The fourth-order valence-corrected chi connectivity index (χ4v) is 95.0. The molecular weight excluding hydrogens is 2150 g/mol. The third-order valence-corrected chi connectivity index (χ3v) is 89.4. The van der Waals surface area contributed by atoms with Crippen LogP contribution < -0.4 is 0 Å². The van der Waals surface area contributed by atoms with Gasteiger partial charge in [0, 0.05) is 79.1 Å². The molecule has 33 nitrogen and oxygen atoms in total. The normalized spacial score (nSPS) is 35.6. The molecule has 46 heteroatoms. The van der Waals surface area contributed by atoms with Gasteiger partial charge in [-0.2, -0.15) is 8.42 Å². The number of ether oxygens (including phenoxy) is 6. The zero-order chi connectivity index (χ0) is 114. The van der Waals surface area contributed by atoms with Crippen molar-refractivity contribution in [1.82, 2.24) is 0 Å². The van der Waals surface area contributed by atoms with Crippen LogP contribution in [0.2, 0.25) is 100 Å². The minimum absolute atomic E-state index is 0.00702. The van der Waals surface area contributed by atoms with Crippen molar-refractivity contribution in [3.05, 3.63) is 0 Å². The zero-order valence-corrected chi connectivity index (χ0v) is 113. The van der Waals surface area contributed by atoms with Crippen molar-refractivity contribution >= 4 is 151 Å². The third-order valence-electron chi connectivity index (χ3n) is 34.7. The third kappa shape index (κ3) is 33.5. The maximum atomic E-state index is 12.6. The number of rotatable bonds is 33. The molecule has 17 fully saturated rings. The predicted molar refractivity (Wildman–Crippen MR) is 603 cm³/mol. The van der Waals surface area contributed by atoms with Gasteiger partial charge in [0.25, 0.3) is 10.1 Å². The molecule has 17 rings (SSSR count). The number of hydrogen-bond acceptors (Lipinski definition) is 33. The minimum atomic E-state index is -3.64. The Balaban J connectivity index is 0.000000220. The summed E-state index contributed by atoms with van der Waals surface area (Å²) in [5.74, 6) is 2.71. The lowest BCUT2D eigenvalue weighted by molar-refractivity contribution is -0.244. The van der Waals surface area contributed by atoms with Crippen molar-refractivity contribution < 1.29 is 146 Å². The van der Waals surface area contributed by atoms with Gasteiger partial charge < -0.3 is 104 Å². The summed E-state index contributed by atoms with van der Waals surface area (Å²) in [7, 11) is -41.7. The first-order chi connectivity index (χ1) is 68.9. The molecule has 0 aromatic rings. The van der Waals surface area contributed by atoms with Gasteiger partial charge in [-0.25, -0.2) is 4.18 Å². The van der Waals surface area contributed by atoms with Crippen molar-refractivity contribution in [3.8, 4) is 0 Å². The predicted octanol–water partition coefficient (Wildman–Crippen LogP) is 24.8. The fourth-order valence-electron chi connectivity index (χ4n) is 22.7. The fraction of sp³-hybridized carbons (Fsp3) is 0.942. The Morgan fingerprint density at radius 3 is 1.02 bits per heavy atom. The number of hydrogen-bond donors (Lipinski definition) is 2. The van der Waals surface area contributed by atoms with Crippen LogP contribution in [0.3, 0.4) is 0 Å². The van der Waals surface area contributed by atoms with E-state index >= 15 is 0 Å². The summed E-state index contributed by atoms with van der Waals surface area (Å²) >= 11 is 0. The Morgan fingerprint density at radius 2 is 0.700 bits per heavy atom. The number of carbonyl (C=O) groups excluding carboxylic acids is 6. The summed E-state index contributed by atoms with van der Waals surface area (Å²) in [4.78, 5) is 72.6. The van der Waals surface area contributed by atoms with E-state index in [0.29, 0.717) is 111 Å². The van der Waals surface area contributed by atoms with Gasteiger partial charge in [-0.05, 0) is 314 Å². The van der Waals surface area contributed by atoms with Gasteiger partial charge in [-0.3, -0.25) is 28.8 Å². The summed E-state index contributed by atoms with van der Waals surface area (Å²) in [6.07, 6.45) is 25.8. The smallest absolute Gasteiger partial charge is 0.465 e. The van der Waals surface area contributed by atoms with Gasteiger partial charge in [0.2, 0.25) is 6.29 Å². The molecule has 16 bridgehead atoms. The molecule has 8 heterocycles. The average Bonchev–Trinajstić information content (AvgIpc) is 0.689. The quantitative estimate of drug-likeness (QED) is 0.0267. The van der Waals surface area contributed by atoms with Crippen LogP contribution in [0.5, 0.6) is 0 Å². The second-order valence-electron chi connectivity index (χ2n) is 51.4. The first kappa shape index (κ1) is 134. The lowest BCUT2D eigenvalue weighted by atomic mass is 9.49. The first-order valence-corrected chi connectivity index (χ1v) is 85.8. The SMILES string of the molecule is CCC(C)(C)C(=O)OC1(CC)C2CC3CC(C2)CC1C3.CCC(C)(C)C(=O)OC1C2CC3(O)CC1CC(O)(C2)C3.CCC(C)(C)C(=O)OC1CCS(=O)(=O)O1.CCC(C)(C)C(=O)OCC[Si]1(C)O[Si](C)(C)O[Si](C)(C)O[Si](C)(C)O1.CCC(C)(C)OC(=O)C(C)(C)CC.CCC(C)C[Si]12O[Si]3(CC)O[Si]4(CC)O[Si]5(CC)O[Si](CC)(O3)O[Si](CC)(O[Si](CC)(O5)O[Si](CC)(O4)O1)O2.CCC1(OC(=O)C(C)(C)CC)CCCCCCC1. The Bertz CT molecular complexity index is 4360. The first-order valence-electron chi connectivity index (χ1n) is 57.8. The van der Waals surface area contributed by atoms with Gasteiger partial charge in [0.15, 0.2) is 0 Å². The van der Waals surface area contributed by atoms with Crippen molar-refractivity contribution in [1.29, 1.82) is 0 Å². The summed E-state index contributed by atoms with van der Waals surface area (Å²) in [6.45, 7) is 78.2. The standard InChI is InChI=1S/C19H46O12Si8.C18H30O2.C16H26O4.C16H30O2.C15H36O6Si4.C11H22O2.C9H16O5S/c1-10-19(9)18-39-29-36(15-6)23-33(12-3)20-32(11-2)21-34(13-4,25-36)27-38(17-8,31-39)28-35(14-5,22-32)26-37(16-7,24-33)30-39;1-5-17(3,4)16(19)20-18(6-2)14-8-12-7-13(10-14)11-15(18)9-12;1-4-14(2,3)13(17)20-12-10-5-15(18)7-11(12)8-16(19,6-10)9-15;1-5-15(3,4)14(17)18-16(6-2)12-10-8-7-9-11-13-16;1-11-15(2,3)14(16)17-12-13-25(10)20-23(6,7)18-22(4,5)19-24(8,9)21-25;1-7-10(3,4)9(12)13-11(5,6)8-2;1-4-9(2,3)8(10)13-7-5-6-15(11,12)14-7/h19H,10-18H2,1-9H3;12-15H,5-11H2,1-4H3;10-12,18-19H,4-9H2,1-3H3;5-13H2,1-4H3;11-13H2,1-10H3;7-8H2,1-6H3;7H,4-6H2,1-3H3. The van der Waals surface area contributed by atoms with Gasteiger partial charge >= 0.3 is 140 Å². The van der Waals surface area contributed by atoms with E-state index in [0.717, 1.165) is 82.5 Å². The number of esters is 6. The van der Waals surface area contributed by atoms with Crippen LogP contribution in [0.25, 0.3) is 0 Å². The Hall–Kier alpha value is -1.39. The van der Waals surface area contributed by atoms with Crippen LogP contribution in [0.4, 0.5) is 0 Å². The van der Waals surface area contributed by atoms with Crippen molar-refractivity contribution in [3.63, 3.8) is 0 Å². The van der Waals surface area contributed by atoms with Crippen molar-refractivity contribution in [2.24, 2.45) is 73.9 Å². The number of aliphatic hydroxyl groups is 2. The molecule has 17 aliphatic rings. The second kappa shape index (κ2) is 50.9. The molecule has 874 valence electrons. The summed E-state index contributed by atoms with van der Waals surface area (Å²) in [5, 5.41) is 21.1. The van der Waals surface area contributed by atoms with E-state index in [2.05, 4.69) is 45.7 Å². The van der Waals surface area contributed by atoms with Gasteiger partial charge in [-0.1, -0.05) is 150 Å². The molecule has 0 aromatic carbocycles. The van der Waals surface area contributed by atoms with Crippen molar-refractivity contribution in [2.45, 2.75) is 542 Å². The molecule has 0 aromatic heterocycles. The van der Waals surface area contributed by atoms with Crippen LogP contribution in [-0.2, 0) is 137 Å². The van der Waals surface area contributed by atoms with Crippen LogP contribution in [-0.4, -0.2) is 212 Å². The average molecular weight is 2350 g/mol. The van der Waals surface area contributed by atoms with Crippen LogP contribution in [0, 0.1) is 73.9 Å². The Kier molecular flexibility index (Phi) is 45.4. The van der Waals surface area contributed by atoms with E-state index in [1.165, 1.54) is 64.2 Å². The van der Waals surface area contributed by atoms with E-state index in [1.54, 1.807) is 13.8 Å². The molecule has 2 unspecified atom stereocenters. The van der Waals surface area contributed by atoms with Gasteiger partial charge in [-0.15, -0.1) is 0 Å². The minimum Gasteiger partial charge on any atom is -0.465 e. The van der Waals surface area contributed by atoms with E-state index in [4.69, 9.17) is 94.3 Å². The Labute approximate surface area is 918 Å². The van der Waals surface area contributed by atoms with Crippen molar-refractivity contribution in [2.75, 3.05) is 12.4 Å². The molecule has 150 heavy (non-hydrogen) atoms. The van der Waals surface area contributed by atoms with E-state index < -0.39 is 155 Å². The lowest BCUT2D eigenvalue weighted by Gasteiger charge is -2.63.